The summed E-state index contributed by atoms with van der Waals surface area (Å²) in [6.45, 7) is 6.23. The molecule has 1 N–H and O–H groups in total. The van der Waals surface area contributed by atoms with Crippen LogP contribution in [0.2, 0.25) is 0 Å². The molecule has 0 bridgehead atoms. The number of ether oxygens (including phenoxy) is 1. The van der Waals surface area contributed by atoms with Crippen LogP contribution in [0.4, 0.5) is 0 Å². The second-order valence-corrected chi connectivity index (χ2v) is 5.61. The molecule has 1 aromatic carbocycles. The van der Waals surface area contributed by atoms with Crippen LogP contribution in [0.15, 0.2) is 29.2 Å². The first-order valence-electron chi connectivity index (χ1n) is 6.09. The lowest BCUT2D eigenvalue weighted by atomic mass is 10.1. The molecule has 18 heavy (non-hydrogen) atoms. The lowest BCUT2D eigenvalue weighted by Crippen LogP contribution is -2.37. The molecule has 1 rings (SSSR count). The van der Waals surface area contributed by atoms with Gasteiger partial charge in [-0.1, -0.05) is 13.8 Å². The highest BCUT2D eigenvalue weighted by molar-refractivity contribution is 8.00. The Morgan fingerprint density at radius 2 is 1.89 bits per heavy atom. The Labute approximate surface area is 113 Å². The number of carbonyl (C=O) groups is 1. The molecule has 3 nitrogen and oxygen atoms in total. The average Bonchev–Trinajstić information content (AvgIpc) is 2.36. The highest BCUT2D eigenvalue weighted by Crippen LogP contribution is 2.21. The van der Waals surface area contributed by atoms with Gasteiger partial charge in [0.2, 0.25) is 5.91 Å². The van der Waals surface area contributed by atoms with E-state index in [4.69, 9.17) is 4.74 Å². The molecule has 1 amide bonds. The maximum atomic E-state index is 11.7. The van der Waals surface area contributed by atoms with Crippen LogP contribution in [-0.2, 0) is 4.79 Å². The standard InChI is InChI=1S/C14H21NO2S/c1-10(2)11(3)15-14(16)9-18-13-7-5-12(17-4)6-8-13/h5-8,10-11H,9H2,1-4H3,(H,15,16)/t11-/m1/s1. The Morgan fingerprint density at radius 1 is 1.28 bits per heavy atom. The van der Waals surface area contributed by atoms with Gasteiger partial charge in [-0.25, -0.2) is 0 Å². The molecule has 1 aromatic rings. The smallest absolute Gasteiger partial charge is 0.230 e. The summed E-state index contributed by atoms with van der Waals surface area (Å²) in [7, 11) is 1.64. The van der Waals surface area contributed by atoms with Crippen molar-refractivity contribution in [1.82, 2.24) is 5.32 Å². The van der Waals surface area contributed by atoms with Crippen molar-refractivity contribution in [1.29, 1.82) is 0 Å². The van der Waals surface area contributed by atoms with Gasteiger partial charge in [-0.2, -0.15) is 0 Å². The fraction of sp³-hybridized carbons (Fsp3) is 0.500. The van der Waals surface area contributed by atoms with E-state index < -0.39 is 0 Å². The lowest BCUT2D eigenvalue weighted by Gasteiger charge is -2.17. The third-order valence-electron chi connectivity index (χ3n) is 2.82. The minimum absolute atomic E-state index is 0.0806. The number of rotatable bonds is 6. The van der Waals surface area contributed by atoms with Crippen molar-refractivity contribution < 1.29 is 9.53 Å². The van der Waals surface area contributed by atoms with Crippen LogP contribution in [0, 0.1) is 5.92 Å². The molecular weight excluding hydrogens is 246 g/mol. The molecule has 0 radical (unpaired) electrons. The number of nitrogens with one attached hydrogen (secondary N) is 1. The minimum atomic E-state index is 0.0806. The summed E-state index contributed by atoms with van der Waals surface area (Å²) in [5, 5.41) is 2.99. The fourth-order valence-electron chi connectivity index (χ4n) is 1.28. The van der Waals surface area contributed by atoms with Gasteiger partial charge < -0.3 is 10.1 Å². The van der Waals surface area contributed by atoms with Crippen LogP contribution < -0.4 is 10.1 Å². The molecule has 100 valence electrons. The van der Waals surface area contributed by atoms with Crippen molar-refractivity contribution >= 4 is 17.7 Å². The van der Waals surface area contributed by atoms with Gasteiger partial charge in [0.25, 0.3) is 0 Å². The summed E-state index contributed by atoms with van der Waals surface area (Å²) >= 11 is 1.53. The number of methoxy groups -OCH3 is 1. The number of amides is 1. The van der Waals surface area contributed by atoms with Crippen molar-refractivity contribution in [2.24, 2.45) is 5.92 Å². The monoisotopic (exact) mass is 267 g/mol. The molecule has 0 aliphatic carbocycles. The Morgan fingerprint density at radius 3 is 2.39 bits per heavy atom. The van der Waals surface area contributed by atoms with E-state index in [9.17, 15) is 4.79 Å². The first-order valence-corrected chi connectivity index (χ1v) is 7.07. The summed E-state index contributed by atoms with van der Waals surface area (Å²) in [6.07, 6.45) is 0. The van der Waals surface area contributed by atoms with E-state index in [1.165, 1.54) is 11.8 Å². The van der Waals surface area contributed by atoms with Crippen LogP contribution in [0.25, 0.3) is 0 Å². The molecule has 0 heterocycles. The Bertz CT molecular complexity index is 376. The first-order chi connectivity index (χ1) is 8.52. The Hall–Kier alpha value is -1.16. The van der Waals surface area contributed by atoms with E-state index >= 15 is 0 Å². The molecule has 0 aromatic heterocycles. The third kappa shape index (κ3) is 5.00. The number of benzene rings is 1. The molecular formula is C14H21NO2S. The van der Waals surface area contributed by atoms with E-state index in [2.05, 4.69) is 19.2 Å². The van der Waals surface area contributed by atoms with Gasteiger partial charge in [0.15, 0.2) is 0 Å². The quantitative estimate of drug-likeness (QED) is 0.805. The van der Waals surface area contributed by atoms with Gasteiger partial charge in [0, 0.05) is 10.9 Å². The SMILES string of the molecule is COc1ccc(SCC(=O)N[C@H](C)C(C)C)cc1. The third-order valence-corrected chi connectivity index (χ3v) is 3.83. The summed E-state index contributed by atoms with van der Waals surface area (Å²) in [5.74, 6) is 1.82. The normalized spacial score (nSPS) is 12.3. The van der Waals surface area contributed by atoms with Crippen molar-refractivity contribution in [2.45, 2.75) is 31.7 Å². The predicted octanol–water partition coefficient (Wildman–Crippen LogP) is 2.95. The molecule has 0 saturated carbocycles. The van der Waals surface area contributed by atoms with E-state index in [1.54, 1.807) is 7.11 Å². The van der Waals surface area contributed by atoms with Crippen LogP contribution in [0.3, 0.4) is 0 Å². The zero-order chi connectivity index (χ0) is 13.5. The van der Waals surface area contributed by atoms with Crippen LogP contribution >= 0.6 is 11.8 Å². The van der Waals surface area contributed by atoms with Gasteiger partial charge in [0.05, 0.1) is 12.9 Å². The number of carbonyl (C=O) groups excluding carboxylic acids is 1. The topological polar surface area (TPSA) is 38.3 Å². The first kappa shape index (κ1) is 14.9. The zero-order valence-electron chi connectivity index (χ0n) is 11.4. The molecule has 4 heteroatoms. The molecule has 0 fully saturated rings. The van der Waals surface area contributed by atoms with Crippen molar-refractivity contribution in [2.75, 3.05) is 12.9 Å². The largest absolute Gasteiger partial charge is 0.497 e. The van der Waals surface area contributed by atoms with Crippen LogP contribution in [0.1, 0.15) is 20.8 Å². The van der Waals surface area contributed by atoms with Gasteiger partial charge in [-0.3, -0.25) is 4.79 Å². The maximum absolute atomic E-state index is 11.7. The maximum Gasteiger partial charge on any atom is 0.230 e. The molecule has 0 unspecified atom stereocenters. The summed E-state index contributed by atoms with van der Waals surface area (Å²) in [4.78, 5) is 12.8. The Kier molecular flexibility index (Phi) is 6.05. The van der Waals surface area contributed by atoms with Gasteiger partial charge in [0.1, 0.15) is 5.75 Å². The van der Waals surface area contributed by atoms with E-state index in [-0.39, 0.29) is 11.9 Å². The fourth-order valence-corrected chi connectivity index (χ4v) is 1.99. The average molecular weight is 267 g/mol. The molecule has 1 atom stereocenters. The Balaban J connectivity index is 2.37. The molecule has 0 aliphatic heterocycles. The molecule has 0 saturated heterocycles. The van der Waals surface area contributed by atoms with Gasteiger partial charge >= 0.3 is 0 Å². The number of thioether (sulfide) groups is 1. The van der Waals surface area contributed by atoms with Crippen LogP contribution in [0.5, 0.6) is 5.75 Å². The van der Waals surface area contributed by atoms with Crippen LogP contribution in [-0.4, -0.2) is 24.8 Å². The lowest BCUT2D eigenvalue weighted by molar-refractivity contribution is -0.119. The van der Waals surface area contributed by atoms with Gasteiger partial charge in [-0.15, -0.1) is 11.8 Å². The highest BCUT2D eigenvalue weighted by atomic mass is 32.2. The van der Waals surface area contributed by atoms with E-state index in [0.29, 0.717) is 11.7 Å². The minimum Gasteiger partial charge on any atom is -0.497 e. The summed E-state index contributed by atoms with van der Waals surface area (Å²) in [5.41, 5.74) is 0. The van der Waals surface area contributed by atoms with Crippen molar-refractivity contribution in [3.05, 3.63) is 24.3 Å². The highest BCUT2D eigenvalue weighted by Gasteiger charge is 2.10. The predicted molar refractivity (Wildman–Crippen MR) is 76.2 cm³/mol. The second kappa shape index (κ2) is 7.31. The summed E-state index contributed by atoms with van der Waals surface area (Å²) < 4.78 is 5.09. The van der Waals surface area contributed by atoms with Crippen molar-refractivity contribution in [3.8, 4) is 5.75 Å². The molecule has 0 aliphatic rings. The number of hydrogen-bond acceptors (Lipinski definition) is 3. The second-order valence-electron chi connectivity index (χ2n) is 4.56. The van der Waals surface area contributed by atoms with E-state index in [1.807, 2.05) is 31.2 Å². The van der Waals surface area contributed by atoms with E-state index in [0.717, 1.165) is 10.6 Å². The number of hydrogen-bond donors (Lipinski definition) is 1. The molecule has 0 spiro atoms. The van der Waals surface area contributed by atoms with Crippen molar-refractivity contribution in [3.63, 3.8) is 0 Å². The zero-order valence-corrected chi connectivity index (χ0v) is 12.2. The van der Waals surface area contributed by atoms with Gasteiger partial charge in [-0.05, 0) is 37.1 Å². The summed E-state index contributed by atoms with van der Waals surface area (Å²) in [6, 6.07) is 7.94.